The Morgan fingerprint density at radius 3 is 3.05 bits per heavy atom. The summed E-state index contributed by atoms with van der Waals surface area (Å²) < 4.78 is 5.82. The van der Waals surface area contributed by atoms with E-state index >= 15 is 0 Å². The Balaban J connectivity index is 1.61. The number of aromatic nitrogens is 1. The van der Waals surface area contributed by atoms with E-state index in [9.17, 15) is 0 Å². The van der Waals surface area contributed by atoms with Gasteiger partial charge in [0, 0.05) is 31.2 Å². The second kappa shape index (κ2) is 5.84. The van der Waals surface area contributed by atoms with E-state index in [-0.39, 0.29) is 0 Å². The number of pyridine rings is 1. The lowest BCUT2D eigenvalue weighted by Crippen LogP contribution is -2.47. The van der Waals surface area contributed by atoms with Crippen LogP contribution in [0.1, 0.15) is 44.1 Å². The van der Waals surface area contributed by atoms with Crippen LogP contribution in [0.5, 0.6) is 5.88 Å². The van der Waals surface area contributed by atoms with Crippen molar-refractivity contribution < 1.29 is 4.74 Å². The summed E-state index contributed by atoms with van der Waals surface area (Å²) >= 11 is 0. The lowest BCUT2D eigenvalue weighted by atomic mass is 9.78. The zero-order chi connectivity index (χ0) is 14.1. The summed E-state index contributed by atoms with van der Waals surface area (Å²) in [6.07, 6.45) is 8.26. The van der Waals surface area contributed by atoms with Crippen molar-refractivity contribution >= 4 is 5.82 Å². The van der Waals surface area contributed by atoms with Crippen LogP contribution in [0.2, 0.25) is 0 Å². The van der Waals surface area contributed by atoms with E-state index in [2.05, 4.69) is 22.3 Å². The number of anilines is 1. The molecule has 4 nitrogen and oxygen atoms in total. The molecule has 4 heteroatoms. The van der Waals surface area contributed by atoms with Crippen LogP contribution in [0.15, 0.2) is 12.1 Å². The lowest BCUT2D eigenvalue weighted by Gasteiger charge is -2.44. The predicted octanol–water partition coefficient (Wildman–Crippen LogP) is 2.72. The quantitative estimate of drug-likeness (QED) is 0.862. The average Bonchev–Trinajstić information content (AvgIpc) is 2.79. The van der Waals surface area contributed by atoms with Gasteiger partial charge >= 0.3 is 0 Å². The zero-order valence-corrected chi connectivity index (χ0v) is 12.7. The van der Waals surface area contributed by atoms with Gasteiger partial charge in [-0.1, -0.05) is 12.8 Å². The Labute approximate surface area is 126 Å². The molecule has 2 fully saturated rings. The molecule has 1 aromatic rings. The first kappa shape index (κ1) is 13.4. The average molecular weight is 287 g/mol. The first-order valence-corrected chi connectivity index (χ1v) is 8.52. The maximum absolute atomic E-state index is 5.82. The second-order valence-electron chi connectivity index (χ2n) is 6.61. The normalized spacial score (nSPS) is 29.0. The maximum atomic E-state index is 5.82. The number of nitrogens with one attached hydrogen (secondary N) is 1. The number of rotatable bonds is 1. The number of hydrogen-bond acceptors (Lipinski definition) is 4. The van der Waals surface area contributed by atoms with Gasteiger partial charge in [-0.25, -0.2) is 0 Å². The summed E-state index contributed by atoms with van der Waals surface area (Å²) in [7, 11) is 0. The Kier molecular flexibility index (Phi) is 3.72. The van der Waals surface area contributed by atoms with Crippen molar-refractivity contribution in [3.8, 4) is 5.88 Å². The van der Waals surface area contributed by atoms with Gasteiger partial charge in [-0.05, 0) is 43.7 Å². The number of piperidine rings is 1. The molecule has 0 aromatic carbocycles. The monoisotopic (exact) mass is 287 g/mol. The SMILES string of the molecule is c1cc2c(nc1N1CCCC3CCCCC31)OCCNC2. The van der Waals surface area contributed by atoms with Crippen LogP contribution in [-0.2, 0) is 6.54 Å². The van der Waals surface area contributed by atoms with Gasteiger partial charge in [0.25, 0.3) is 0 Å². The first-order valence-electron chi connectivity index (χ1n) is 8.52. The van der Waals surface area contributed by atoms with E-state index in [0.29, 0.717) is 6.04 Å². The smallest absolute Gasteiger partial charge is 0.219 e. The van der Waals surface area contributed by atoms with Crippen molar-refractivity contribution in [3.05, 3.63) is 17.7 Å². The summed E-state index contributed by atoms with van der Waals surface area (Å²) in [6, 6.07) is 5.11. The standard InChI is InChI=1S/C17H25N3O/c1-2-6-15-13(4-1)5-3-10-20(15)16-8-7-14-12-18-9-11-21-17(14)19-16/h7-8,13,15,18H,1-6,9-12H2. The molecule has 1 saturated heterocycles. The van der Waals surface area contributed by atoms with Crippen molar-refractivity contribution in [1.82, 2.24) is 10.3 Å². The molecule has 0 amide bonds. The Morgan fingerprint density at radius 1 is 1.14 bits per heavy atom. The molecule has 1 aliphatic carbocycles. The molecule has 0 radical (unpaired) electrons. The molecular weight excluding hydrogens is 262 g/mol. The van der Waals surface area contributed by atoms with Crippen molar-refractivity contribution in [3.63, 3.8) is 0 Å². The summed E-state index contributed by atoms with van der Waals surface area (Å²) in [5.41, 5.74) is 1.19. The first-order chi connectivity index (χ1) is 10.4. The highest BCUT2D eigenvalue weighted by atomic mass is 16.5. The molecule has 1 N–H and O–H groups in total. The number of fused-ring (bicyclic) bond motifs is 2. The van der Waals surface area contributed by atoms with Gasteiger partial charge in [-0.2, -0.15) is 4.98 Å². The second-order valence-corrected chi connectivity index (χ2v) is 6.61. The van der Waals surface area contributed by atoms with Gasteiger partial charge in [-0.15, -0.1) is 0 Å². The van der Waals surface area contributed by atoms with Crippen LogP contribution in [0.4, 0.5) is 5.82 Å². The molecule has 3 heterocycles. The number of hydrogen-bond donors (Lipinski definition) is 1. The van der Waals surface area contributed by atoms with Gasteiger partial charge in [-0.3, -0.25) is 0 Å². The van der Waals surface area contributed by atoms with Gasteiger partial charge in [0.05, 0.1) is 0 Å². The molecule has 2 atom stereocenters. The molecular formula is C17H25N3O. The maximum Gasteiger partial charge on any atom is 0.219 e. The van der Waals surface area contributed by atoms with Gasteiger partial charge in [0.2, 0.25) is 5.88 Å². The molecule has 114 valence electrons. The molecule has 0 bridgehead atoms. The summed E-state index contributed by atoms with van der Waals surface area (Å²) in [6.45, 7) is 3.65. The fourth-order valence-electron chi connectivity index (χ4n) is 4.23. The molecule has 0 spiro atoms. The van der Waals surface area contributed by atoms with Crippen molar-refractivity contribution in [2.24, 2.45) is 5.92 Å². The highest BCUT2D eigenvalue weighted by molar-refractivity contribution is 5.46. The van der Waals surface area contributed by atoms with E-state index in [1.165, 1.54) is 44.1 Å². The fraction of sp³-hybridized carbons (Fsp3) is 0.706. The molecule has 4 rings (SSSR count). The summed E-state index contributed by atoms with van der Waals surface area (Å²) in [4.78, 5) is 7.42. The third-order valence-electron chi connectivity index (χ3n) is 5.29. The van der Waals surface area contributed by atoms with Crippen LogP contribution in [0, 0.1) is 5.92 Å². The predicted molar refractivity (Wildman–Crippen MR) is 83.8 cm³/mol. The van der Waals surface area contributed by atoms with Gasteiger partial charge in [0.15, 0.2) is 0 Å². The van der Waals surface area contributed by atoms with E-state index in [1.807, 2.05) is 0 Å². The molecule has 1 saturated carbocycles. The number of nitrogens with zero attached hydrogens (tertiary/aromatic N) is 2. The zero-order valence-electron chi connectivity index (χ0n) is 12.7. The van der Waals surface area contributed by atoms with Crippen LogP contribution in [-0.4, -0.2) is 30.7 Å². The largest absolute Gasteiger partial charge is 0.476 e. The van der Waals surface area contributed by atoms with Crippen LogP contribution < -0.4 is 15.0 Å². The minimum Gasteiger partial charge on any atom is -0.476 e. The molecule has 2 aliphatic heterocycles. The lowest BCUT2D eigenvalue weighted by molar-refractivity contribution is 0.242. The Morgan fingerprint density at radius 2 is 2.05 bits per heavy atom. The fourth-order valence-corrected chi connectivity index (χ4v) is 4.23. The van der Waals surface area contributed by atoms with E-state index < -0.39 is 0 Å². The molecule has 1 aromatic heterocycles. The van der Waals surface area contributed by atoms with Crippen LogP contribution >= 0.6 is 0 Å². The minimum atomic E-state index is 0.710. The van der Waals surface area contributed by atoms with Crippen LogP contribution in [0.25, 0.3) is 0 Å². The van der Waals surface area contributed by atoms with Gasteiger partial charge < -0.3 is 15.0 Å². The molecule has 21 heavy (non-hydrogen) atoms. The van der Waals surface area contributed by atoms with E-state index in [0.717, 1.165) is 43.9 Å². The summed E-state index contributed by atoms with van der Waals surface area (Å²) in [5.74, 6) is 2.86. The van der Waals surface area contributed by atoms with Crippen LogP contribution in [0.3, 0.4) is 0 Å². The minimum absolute atomic E-state index is 0.710. The molecule has 3 aliphatic rings. The third-order valence-corrected chi connectivity index (χ3v) is 5.29. The highest BCUT2D eigenvalue weighted by Gasteiger charge is 2.34. The number of ether oxygens (including phenoxy) is 1. The van der Waals surface area contributed by atoms with Gasteiger partial charge in [0.1, 0.15) is 12.4 Å². The van der Waals surface area contributed by atoms with Crippen molar-refractivity contribution in [2.75, 3.05) is 24.6 Å². The van der Waals surface area contributed by atoms with Crippen molar-refractivity contribution in [1.29, 1.82) is 0 Å². The molecule has 2 unspecified atom stereocenters. The Hall–Kier alpha value is -1.29. The Bertz CT molecular complexity index is 503. The topological polar surface area (TPSA) is 37.4 Å². The van der Waals surface area contributed by atoms with E-state index in [4.69, 9.17) is 9.72 Å². The third kappa shape index (κ3) is 2.61. The van der Waals surface area contributed by atoms with E-state index in [1.54, 1.807) is 0 Å². The summed E-state index contributed by atoms with van der Waals surface area (Å²) in [5, 5.41) is 3.37. The van der Waals surface area contributed by atoms with Crippen molar-refractivity contribution in [2.45, 2.75) is 51.1 Å². The highest BCUT2D eigenvalue weighted by Crippen LogP contribution is 2.37.